The van der Waals surface area contributed by atoms with Crippen LogP contribution in [0.2, 0.25) is 0 Å². The van der Waals surface area contributed by atoms with Crippen LogP contribution in [0.1, 0.15) is 33.6 Å². The maximum Gasteiger partial charge on any atom is 0.321 e. The number of nitriles is 1. The van der Waals surface area contributed by atoms with E-state index in [1.54, 1.807) is 6.92 Å². The quantitative estimate of drug-likeness (QED) is 0.678. The van der Waals surface area contributed by atoms with Crippen LogP contribution >= 0.6 is 0 Å². The van der Waals surface area contributed by atoms with Gasteiger partial charge in [-0.15, -0.1) is 0 Å². The zero-order valence-corrected chi connectivity index (χ0v) is 12.4. The van der Waals surface area contributed by atoms with E-state index in [2.05, 4.69) is 4.72 Å². The van der Waals surface area contributed by atoms with Gasteiger partial charge in [0.2, 0.25) is 0 Å². The van der Waals surface area contributed by atoms with E-state index in [-0.39, 0.29) is 18.8 Å². The van der Waals surface area contributed by atoms with Crippen molar-refractivity contribution >= 4 is 16.2 Å². The van der Waals surface area contributed by atoms with E-state index < -0.39 is 28.3 Å². The largest absolute Gasteiger partial charge is 0.480 e. The molecule has 2 atom stereocenters. The summed E-state index contributed by atoms with van der Waals surface area (Å²) < 4.78 is 27.1. The molecule has 0 saturated heterocycles. The van der Waals surface area contributed by atoms with Crippen LogP contribution in [0.4, 0.5) is 0 Å². The Morgan fingerprint density at radius 3 is 2.32 bits per heavy atom. The number of aliphatic carboxylic acids is 1. The Labute approximate surface area is 114 Å². The molecule has 19 heavy (non-hydrogen) atoms. The number of rotatable bonds is 8. The van der Waals surface area contributed by atoms with Gasteiger partial charge in [0, 0.05) is 13.1 Å². The molecule has 0 fully saturated rings. The fourth-order valence-corrected chi connectivity index (χ4v) is 2.70. The molecule has 0 aliphatic heterocycles. The second kappa shape index (κ2) is 7.43. The van der Waals surface area contributed by atoms with E-state index in [0.29, 0.717) is 0 Å². The van der Waals surface area contributed by atoms with Gasteiger partial charge in [-0.3, -0.25) is 4.79 Å². The van der Waals surface area contributed by atoms with Crippen LogP contribution in [-0.4, -0.2) is 42.9 Å². The number of hydrogen-bond acceptors (Lipinski definition) is 4. The number of carboxylic acid groups (broad SMARTS) is 1. The van der Waals surface area contributed by atoms with Crippen molar-refractivity contribution in [3.63, 3.8) is 0 Å². The Bertz CT molecular complexity index is 441. The summed E-state index contributed by atoms with van der Waals surface area (Å²) in [6, 6.07) is 0.196. The molecule has 0 aliphatic rings. The van der Waals surface area contributed by atoms with Gasteiger partial charge in [0.05, 0.1) is 12.5 Å². The predicted octanol–water partition coefficient (Wildman–Crippen LogP) is 0.554. The predicted molar refractivity (Wildman–Crippen MR) is 70.4 cm³/mol. The highest BCUT2D eigenvalue weighted by atomic mass is 32.2. The lowest BCUT2D eigenvalue weighted by Gasteiger charge is -2.25. The molecule has 0 aromatic carbocycles. The first-order valence-electron chi connectivity index (χ1n) is 5.96. The molecule has 1 unspecified atom stereocenters. The van der Waals surface area contributed by atoms with Crippen molar-refractivity contribution < 1.29 is 18.3 Å². The lowest BCUT2D eigenvalue weighted by molar-refractivity contribution is -0.139. The fourth-order valence-electron chi connectivity index (χ4n) is 1.43. The summed E-state index contributed by atoms with van der Waals surface area (Å²) in [5.41, 5.74) is 0. The van der Waals surface area contributed by atoms with Crippen LogP contribution in [-0.2, 0) is 15.0 Å². The van der Waals surface area contributed by atoms with Crippen LogP contribution < -0.4 is 4.72 Å². The van der Waals surface area contributed by atoms with Crippen molar-refractivity contribution in [3.8, 4) is 6.07 Å². The first-order valence-corrected chi connectivity index (χ1v) is 7.40. The van der Waals surface area contributed by atoms with Crippen LogP contribution in [0.25, 0.3) is 0 Å². The van der Waals surface area contributed by atoms with Crippen molar-refractivity contribution in [2.24, 2.45) is 5.92 Å². The average molecular weight is 291 g/mol. The monoisotopic (exact) mass is 291 g/mol. The van der Waals surface area contributed by atoms with Crippen molar-refractivity contribution in [2.45, 2.75) is 45.7 Å². The summed E-state index contributed by atoms with van der Waals surface area (Å²) in [5.74, 6) is -1.16. The molecule has 110 valence electrons. The van der Waals surface area contributed by atoms with Crippen LogP contribution in [0.15, 0.2) is 0 Å². The summed E-state index contributed by atoms with van der Waals surface area (Å²) in [5, 5.41) is 17.6. The SMILES string of the molecule is CC(C)C[C@@H](NS(=O)(=O)N(C)C(C)CC#N)C(=O)O. The van der Waals surface area contributed by atoms with E-state index >= 15 is 0 Å². The molecule has 2 N–H and O–H groups in total. The van der Waals surface area contributed by atoms with Gasteiger partial charge >= 0.3 is 5.97 Å². The van der Waals surface area contributed by atoms with Crippen molar-refractivity contribution in [1.82, 2.24) is 9.03 Å². The van der Waals surface area contributed by atoms with Gasteiger partial charge in [-0.2, -0.15) is 22.7 Å². The van der Waals surface area contributed by atoms with Crippen molar-refractivity contribution in [2.75, 3.05) is 7.05 Å². The molecule has 0 aliphatic carbocycles. The first-order chi connectivity index (χ1) is 8.61. The summed E-state index contributed by atoms with van der Waals surface area (Å²) in [6.07, 6.45) is 0.244. The van der Waals surface area contributed by atoms with Gasteiger partial charge in [-0.25, -0.2) is 0 Å². The molecule has 0 aromatic rings. The minimum absolute atomic E-state index is 0.0410. The van der Waals surface area contributed by atoms with Crippen molar-refractivity contribution in [1.29, 1.82) is 5.26 Å². The first kappa shape index (κ1) is 17.8. The molecule has 8 heteroatoms. The second-order valence-corrected chi connectivity index (χ2v) is 6.63. The highest BCUT2D eigenvalue weighted by molar-refractivity contribution is 7.87. The standard InChI is InChI=1S/C11H21N3O4S/c1-8(2)7-10(11(15)16)13-19(17,18)14(4)9(3)5-6-12/h8-10,13H,5,7H2,1-4H3,(H,15,16)/t9?,10-/m1/s1. The summed E-state index contributed by atoms with van der Waals surface area (Å²) >= 11 is 0. The van der Waals surface area contributed by atoms with Gasteiger partial charge in [-0.05, 0) is 19.3 Å². The Hall–Kier alpha value is -1.17. The summed E-state index contributed by atoms with van der Waals surface area (Å²) in [7, 11) is -2.60. The van der Waals surface area contributed by atoms with E-state index in [4.69, 9.17) is 10.4 Å². The van der Waals surface area contributed by atoms with Gasteiger partial charge < -0.3 is 5.11 Å². The van der Waals surface area contributed by atoms with E-state index in [1.165, 1.54) is 7.05 Å². The molecule has 0 heterocycles. The van der Waals surface area contributed by atoms with E-state index in [9.17, 15) is 13.2 Å². The number of nitrogens with one attached hydrogen (secondary N) is 1. The van der Waals surface area contributed by atoms with Gasteiger partial charge in [-0.1, -0.05) is 13.8 Å². The molecular weight excluding hydrogens is 270 g/mol. The molecule has 0 spiro atoms. The number of nitrogens with zero attached hydrogens (tertiary/aromatic N) is 2. The normalized spacial score (nSPS) is 15.2. The van der Waals surface area contributed by atoms with Crippen molar-refractivity contribution in [3.05, 3.63) is 0 Å². The third-order valence-electron chi connectivity index (χ3n) is 2.68. The lowest BCUT2D eigenvalue weighted by atomic mass is 10.1. The molecule has 0 amide bonds. The van der Waals surface area contributed by atoms with Crippen LogP contribution in [0.3, 0.4) is 0 Å². The molecule has 0 rings (SSSR count). The average Bonchev–Trinajstić information content (AvgIpc) is 2.26. The molecule has 0 saturated carbocycles. The van der Waals surface area contributed by atoms with E-state index in [0.717, 1.165) is 4.31 Å². The Kier molecular flexibility index (Phi) is 6.97. The fraction of sp³-hybridized carbons (Fsp3) is 0.818. The van der Waals surface area contributed by atoms with Gasteiger partial charge in [0.15, 0.2) is 0 Å². The molecule has 0 aromatic heterocycles. The van der Waals surface area contributed by atoms with Crippen LogP contribution in [0.5, 0.6) is 0 Å². The third-order valence-corrected chi connectivity index (χ3v) is 4.38. The third kappa shape index (κ3) is 6.00. The molecule has 7 nitrogen and oxygen atoms in total. The molecule has 0 bridgehead atoms. The van der Waals surface area contributed by atoms with Gasteiger partial charge in [0.25, 0.3) is 10.2 Å². The lowest BCUT2D eigenvalue weighted by Crippen LogP contribution is -2.49. The highest BCUT2D eigenvalue weighted by Gasteiger charge is 2.29. The zero-order valence-electron chi connectivity index (χ0n) is 11.6. The summed E-state index contributed by atoms with van der Waals surface area (Å²) in [4.78, 5) is 11.0. The smallest absolute Gasteiger partial charge is 0.321 e. The Morgan fingerprint density at radius 2 is 1.95 bits per heavy atom. The Morgan fingerprint density at radius 1 is 1.42 bits per heavy atom. The van der Waals surface area contributed by atoms with E-state index in [1.807, 2.05) is 19.9 Å². The minimum atomic E-state index is -3.92. The molecular formula is C11H21N3O4S. The maximum absolute atomic E-state index is 12.0. The van der Waals surface area contributed by atoms with Crippen LogP contribution in [0, 0.1) is 17.2 Å². The zero-order chi connectivity index (χ0) is 15.2. The topological polar surface area (TPSA) is 111 Å². The number of hydrogen-bond donors (Lipinski definition) is 2. The molecule has 0 radical (unpaired) electrons. The second-order valence-electron chi connectivity index (χ2n) is 4.87. The Balaban J connectivity index is 4.91. The number of carboxylic acids is 1. The highest BCUT2D eigenvalue weighted by Crippen LogP contribution is 2.10. The number of carbonyl (C=O) groups is 1. The minimum Gasteiger partial charge on any atom is -0.480 e. The maximum atomic E-state index is 12.0. The van der Waals surface area contributed by atoms with Gasteiger partial charge in [0.1, 0.15) is 6.04 Å². The summed E-state index contributed by atoms with van der Waals surface area (Å²) in [6.45, 7) is 5.21.